The predicted molar refractivity (Wildman–Crippen MR) is 133 cm³/mol. The van der Waals surface area contributed by atoms with Crippen molar-refractivity contribution in [3.8, 4) is 11.5 Å². The van der Waals surface area contributed by atoms with Gasteiger partial charge in [0.2, 0.25) is 0 Å². The van der Waals surface area contributed by atoms with Crippen molar-refractivity contribution < 1.29 is 14.3 Å². The first-order chi connectivity index (χ1) is 17.0. The molecule has 4 rings (SSSR count). The molecule has 2 aromatic heterocycles. The van der Waals surface area contributed by atoms with Crippen LogP contribution in [-0.4, -0.2) is 58.5 Å². The summed E-state index contributed by atoms with van der Waals surface area (Å²) in [5.41, 5.74) is 1.87. The molecule has 1 aliphatic heterocycles. The van der Waals surface area contributed by atoms with Gasteiger partial charge in [-0.25, -0.2) is 0 Å². The predicted octanol–water partition coefficient (Wildman–Crippen LogP) is 2.33. The smallest absolute Gasteiger partial charge is 0.257 e. The monoisotopic (exact) mass is 479 g/mol. The SMILES string of the molecule is COc1ccccc1CNC(=O)c1c(OC)cc(=O)n2c1CCN([C@H](C)CCn1cccn1)CC2. The quantitative estimate of drug-likeness (QED) is 0.507. The molecule has 1 aromatic carbocycles. The van der Waals surface area contributed by atoms with Crippen LogP contribution >= 0.6 is 0 Å². The van der Waals surface area contributed by atoms with E-state index in [1.165, 1.54) is 13.2 Å². The second kappa shape index (κ2) is 11.2. The summed E-state index contributed by atoms with van der Waals surface area (Å²) in [7, 11) is 3.10. The van der Waals surface area contributed by atoms with E-state index in [2.05, 4.69) is 22.2 Å². The zero-order valence-electron chi connectivity index (χ0n) is 20.6. The van der Waals surface area contributed by atoms with Crippen molar-refractivity contribution in [2.45, 2.75) is 45.4 Å². The zero-order chi connectivity index (χ0) is 24.8. The molecule has 9 heteroatoms. The van der Waals surface area contributed by atoms with Crippen molar-refractivity contribution in [1.29, 1.82) is 0 Å². The van der Waals surface area contributed by atoms with E-state index >= 15 is 0 Å². The number of benzene rings is 1. The molecule has 0 bridgehead atoms. The Bertz CT molecular complexity index is 1200. The summed E-state index contributed by atoms with van der Waals surface area (Å²) in [6.45, 7) is 5.35. The molecular formula is C26H33N5O4. The van der Waals surface area contributed by atoms with Gasteiger partial charge in [-0.05, 0) is 25.5 Å². The molecule has 1 atom stereocenters. The summed E-state index contributed by atoms with van der Waals surface area (Å²) in [4.78, 5) is 28.6. The van der Waals surface area contributed by atoms with Crippen molar-refractivity contribution >= 4 is 5.91 Å². The van der Waals surface area contributed by atoms with E-state index in [0.717, 1.165) is 31.6 Å². The van der Waals surface area contributed by atoms with Gasteiger partial charge < -0.3 is 19.4 Å². The number of hydrogen-bond donors (Lipinski definition) is 1. The topological polar surface area (TPSA) is 90.6 Å². The van der Waals surface area contributed by atoms with E-state index in [1.54, 1.807) is 17.9 Å². The molecule has 186 valence electrons. The van der Waals surface area contributed by atoms with Gasteiger partial charge in [-0.1, -0.05) is 18.2 Å². The number of carbonyl (C=O) groups is 1. The minimum Gasteiger partial charge on any atom is -0.496 e. The highest BCUT2D eigenvalue weighted by molar-refractivity contribution is 5.98. The number of pyridine rings is 1. The summed E-state index contributed by atoms with van der Waals surface area (Å²) in [6, 6.07) is 11.2. The molecule has 35 heavy (non-hydrogen) atoms. The Hall–Kier alpha value is -3.59. The second-order valence-electron chi connectivity index (χ2n) is 8.71. The first-order valence-electron chi connectivity index (χ1n) is 11.9. The molecule has 0 unspecified atom stereocenters. The Morgan fingerprint density at radius 3 is 2.66 bits per heavy atom. The van der Waals surface area contributed by atoms with Crippen LogP contribution < -0.4 is 20.3 Å². The van der Waals surface area contributed by atoms with Crippen LogP contribution in [0.4, 0.5) is 0 Å². The minimum atomic E-state index is -0.267. The first-order valence-corrected chi connectivity index (χ1v) is 11.9. The van der Waals surface area contributed by atoms with Crippen LogP contribution in [0, 0.1) is 0 Å². The molecule has 0 fully saturated rings. The number of fused-ring (bicyclic) bond motifs is 1. The molecular weight excluding hydrogens is 446 g/mol. The highest BCUT2D eigenvalue weighted by atomic mass is 16.5. The van der Waals surface area contributed by atoms with Gasteiger partial charge in [0, 0.05) is 74.9 Å². The Morgan fingerprint density at radius 1 is 1.11 bits per heavy atom. The van der Waals surface area contributed by atoms with Crippen LogP contribution in [0.25, 0.3) is 0 Å². The lowest BCUT2D eigenvalue weighted by atomic mass is 10.1. The van der Waals surface area contributed by atoms with Crippen molar-refractivity contribution in [2.75, 3.05) is 27.3 Å². The average Bonchev–Trinajstić information content (AvgIpc) is 3.30. The molecule has 3 aromatic rings. The van der Waals surface area contributed by atoms with Crippen LogP contribution in [-0.2, 0) is 26.1 Å². The zero-order valence-corrected chi connectivity index (χ0v) is 20.6. The number of amides is 1. The molecule has 9 nitrogen and oxygen atoms in total. The normalized spacial score (nSPS) is 14.6. The fourth-order valence-corrected chi connectivity index (χ4v) is 4.66. The van der Waals surface area contributed by atoms with E-state index in [0.29, 0.717) is 48.3 Å². The van der Waals surface area contributed by atoms with Gasteiger partial charge in [0.1, 0.15) is 17.1 Å². The Kier molecular flexibility index (Phi) is 7.87. The van der Waals surface area contributed by atoms with Gasteiger partial charge in [0.05, 0.1) is 14.2 Å². The van der Waals surface area contributed by atoms with E-state index in [-0.39, 0.29) is 11.5 Å². The molecule has 0 saturated carbocycles. The van der Waals surface area contributed by atoms with Gasteiger partial charge in [-0.15, -0.1) is 0 Å². The summed E-state index contributed by atoms with van der Waals surface area (Å²) in [5, 5.41) is 7.27. The van der Waals surface area contributed by atoms with Crippen molar-refractivity contribution in [3.05, 3.63) is 76.0 Å². The van der Waals surface area contributed by atoms with E-state index in [4.69, 9.17) is 9.47 Å². The molecule has 0 aliphatic carbocycles. The molecule has 0 spiro atoms. The highest BCUT2D eigenvalue weighted by Gasteiger charge is 2.26. The van der Waals surface area contributed by atoms with E-state index in [1.807, 2.05) is 41.2 Å². The Labute approximate surface area is 205 Å². The van der Waals surface area contributed by atoms with Crippen molar-refractivity contribution in [2.24, 2.45) is 0 Å². The second-order valence-corrected chi connectivity index (χ2v) is 8.71. The lowest BCUT2D eigenvalue weighted by molar-refractivity contribution is 0.0945. The van der Waals surface area contributed by atoms with Crippen LogP contribution in [0.15, 0.2) is 53.6 Å². The molecule has 0 saturated heterocycles. The van der Waals surface area contributed by atoms with Crippen molar-refractivity contribution in [3.63, 3.8) is 0 Å². The lowest BCUT2D eigenvalue weighted by Gasteiger charge is -2.27. The number of nitrogens with zero attached hydrogens (tertiary/aromatic N) is 4. The molecule has 1 N–H and O–H groups in total. The third kappa shape index (κ3) is 5.57. The number of aromatic nitrogens is 3. The number of carbonyl (C=O) groups excluding carboxylic acids is 1. The van der Waals surface area contributed by atoms with Crippen molar-refractivity contribution in [1.82, 2.24) is 24.6 Å². The number of hydrogen-bond acceptors (Lipinski definition) is 6. The third-order valence-corrected chi connectivity index (χ3v) is 6.67. The van der Waals surface area contributed by atoms with Crippen LogP contribution in [0.5, 0.6) is 11.5 Å². The lowest BCUT2D eigenvalue weighted by Crippen LogP contribution is -2.36. The molecule has 1 aliphatic rings. The van der Waals surface area contributed by atoms with Crippen LogP contribution in [0.3, 0.4) is 0 Å². The highest BCUT2D eigenvalue weighted by Crippen LogP contribution is 2.24. The fourth-order valence-electron chi connectivity index (χ4n) is 4.66. The molecule has 1 amide bonds. The Morgan fingerprint density at radius 2 is 1.91 bits per heavy atom. The first kappa shape index (κ1) is 24.5. The summed E-state index contributed by atoms with van der Waals surface area (Å²) >= 11 is 0. The summed E-state index contributed by atoms with van der Waals surface area (Å²) in [6.07, 6.45) is 5.28. The maximum atomic E-state index is 13.4. The van der Waals surface area contributed by atoms with Gasteiger partial charge in [0.25, 0.3) is 11.5 Å². The van der Waals surface area contributed by atoms with Gasteiger partial charge in [0.15, 0.2) is 0 Å². The largest absolute Gasteiger partial charge is 0.496 e. The molecule has 3 heterocycles. The van der Waals surface area contributed by atoms with Crippen LogP contribution in [0.2, 0.25) is 0 Å². The number of rotatable bonds is 9. The van der Waals surface area contributed by atoms with E-state index in [9.17, 15) is 9.59 Å². The minimum absolute atomic E-state index is 0.149. The number of methoxy groups -OCH3 is 2. The third-order valence-electron chi connectivity index (χ3n) is 6.67. The molecule has 0 radical (unpaired) electrons. The summed E-state index contributed by atoms with van der Waals surface area (Å²) < 4.78 is 14.5. The average molecular weight is 480 g/mol. The Balaban J connectivity index is 1.52. The van der Waals surface area contributed by atoms with E-state index < -0.39 is 0 Å². The maximum Gasteiger partial charge on any atom is 0.257 e. The number of para-hydroxylation sites is 1. The fraction of sp³-hybridized carbons (Fsp3) is 0.423. The maximum absolute atomic E-state index is 13.4. The van der Waals surface area contributed by atoms with Gasteiger partial charge in [-0.2, -0.15) is 5.10 Å². The standard InChI is InChI=1S/C26H33N5O4/c1-19(9-14-30-12-6-11-28-30)29-13-10-21-25(23(35-3)17-24(32)31(21)16-15-29)26(33)27-18-20-7-4-5-8-22(20)34-2/h4-8,11-12,17,19H,9-10,13-16,18H2,1-3H3,(H,27,33)/t19-/m1/s1. The van der Waals surface area contributed by atoms with Crippen LogP contribution in [0.1, 0.15) is 35.0 Å². The number of ether oxygens (including phenoxy) is 2. The van der Waals surface area contributed by atoms with Gasteiger partial charge in [-0.3, -0.25) is 19.2 Å². The summed E-state index contributed by atoms with van der Waals surface area (Å²) in [5.74, 6) is 0.748. The van der Waals surface area contributed by atoms with Gasteiger partial charge >= 0.3 is 0 Å². The number of nitrogens with one attached hydrogen (secondary N) is 1. The number of aryl methyl sites for hydroxylation is 1.